The van der Waals surface area contributed by atoms with Crippen molar-refractivity contribution in [2.45, 2.75) is 50.6 Å². The van der Waals surface area contributed by atoms with Crippen molar-refractivity contribution in [1.29, 1.82) is 0 Å². The minimum Gasteiger partial charge on any atom is -0.361 e. The van der Waals surface area contributed by atoms with E-state index in [4.69, 9.17) is 11.5 Å². The van der Waals surface area contributed by atoms with Crippen molar-refractivity contribution in [3.63, 3.8) is 0 Å². The molecule has 39 heavy (non-hydrogen) atoms. The summed E-state index contributed by atoms with van der Waals surface area (Å²) in [6.45, 7) is 1.19. The third kappa shape index (κ3) is 8.27. The number of aryl methyl sites for hydroxylation is 1. The van der Waals surface area contributed by atoms with Gasteiger partial charge < -0.3 is 27.1 Å². The number of nitrogens with one attached hydrogen (secondary N) is 3. The summed E-state index contributed by atoms with van der Waals surface area (Å²) in [5.74, 6) is -0.567. The fourth-order valence-corrected chi connectivity index (χ4v) is 4.77. The number of aromatic nitrogens is 1. The van der Waals surface area contributed by atoms with Gasteiger partial charge in [-0.3, -0.25) is 9.59 Å². The van der Waals surface area contributed by atoms with Crippen LogP contribution in [0.2, 0.25) is 0 Å². The molecule has 2 amide bonds. The first-order valence-electron chi connectivity index (χ1n) is 13.7. The molecule has 0 aliphatic carbocycles. The number of para-hydroxylation sites is 1. The van der Waals surface area contributed by atoms with Crippen molar-refractivity contribution in [1.82, 2.24) is 15.6 Å². The Morgan fingerprint density at radius 2 is 1.46 bits per heavy atom. The maximum atomic E-state index is 13.3. The topological polar surface area (TPSA) is 126 Å². The Kier molecular flexibility index (Phi) is 10.3. The SMILES string of the molecule is NCCCCc1ccc(CCNC(=O)[C@H](Cc2c[nH]c3ccccc23)NC(=O)[C@@H](N)Cc2ccccc2)cc1. The van der Waals surface area contributed by atoms with Crippen LogP contribution in [0.1, 0.15) is 35.1 Å². The zero-order chi connectivity index (χ0) is 27.5. The second-order valence-electron chi connectivity index (χ2n) is 10.0. The Hall–Kier alpha value is -3.94. The number of H-pyrrole nitrogens is 1. The van der Waals surface area contributed by atoms with E-state index in [2.05, 4.69) is 39.9 Å². The highest BCUT2D eigenvalue weighted by Crippen LogP contribution is 2.19. The van der Waals surface area contributed by atoms with E-state index in [0.29, 0.717) is 25.8 Å². The molecule has 0 aliphatic rings. The van der Waals surface area contributed by atoms with Gasteiger partial charge >= 0.3 is 0 Å². The highest BCUT2D eigenvalue weighted by Gasteiger charge is 2.25. The largest absolute Gasteiger partial charge is 0.361 e. The average molecular weight is 526 g/mol. The maximum Gasteiger partial charge on any atom is 0.242 e. The molecule has 204 valence electrons. The summed E-state index contributed by atoms with van der Waals surface area (Å²) in [6.07, 6.45) is 6.50. The van der Waals surface area contributed by atoms with Crippen LogP contribution in [-0.4, -0.2) is 42.0 Å². The van der Waals surface area contributed by atoms with Crippen molar-refractivity contribution in [3.8, 4) is 0 Å². The highest BCUT2D eigenvalue weighted by molar-refractivity contribution is 5.91. The van der Waals surface area contributed by atoms with Gasteiger partial charge in [0.15, 0.2) is 0 Å². The summed E-state index contributed by atoms with van der Waals surface area (Å²) in [7, 11) is 0. The number of aromatic amines is 1. The fraction of sp³-hybridized carbons (Fsp3) is 0.312. The first-order valence-corrected chi connectivity index (χ1v) is 13.7. The van der Waals surface area contributed by atoms with Gasteiger partial charge in [-0.15, -0.1) is 0 Å². The lowest BCUT2D eigenvalue weighted by Gasteiger charge is -2.21. The van der Waals surface area contributed by atoms with E-state index < -0.39 is 12.1 Å². The zero-order valence-corrected chi connectivity index (χ0v) is 22.4. The minimum absolute atomic E-state index is 0.223. The van der Waals surface area contributed by atoms with E-state index in [0.717, 1.165) is 53.4 Å². The van der Waals surface area contributed by atoms with Crippen LogP contribution in [0.25, 0.3) is 10.9 Å². The normalized spacial score (nSPS) is 12.7. The van der Waals surface area contributed by atoms with Crippen LogP contribution in [0.5, 0.6) is 0 Å². The van der Waals surface area contributed by atoms with Crippen LogP contribution in [0.3, 0.4) is 0 Å². The van der Waals surface area contributed by atoms with Gasteiger partial charge in [-0.05, 0) is 67.0 Å². The minimum atomic E-state index is -0.756. The summed E-state index contributed by atoms with van der Waals surface area (Å²) in [5.41, 5.74) is 17.2. The molecule has 0 saturated carbocycles. The molecule has 2 atom stereocenters. The van der Waals surface area contributed by atoms with E-state index >= 15 is 0 Å². The van der Waals surface area contributed by atoms with Gasteiger partial charge in [-0.1, -0.05) is 72.8 Å². The van der Waals surface area contributed by atoms with Crippen LogP contribution in [-0.2, 0) is 35.3 Å². The number of fused-ring (bicyclic) bond motifs is 1. The first kappa shape index (κ1) is 28.1. The number of amides is 2. The van der Waals surface area contributed by atoms with E-state index in [1.165, 1.54) is 5.56 Å². The molecule has 0 fully saturated rings. The number of hydrogen-bond acceptors (Lipinski definition) is 4. The third-order valence-electron chi connectivity index (χ3n) is 7.02. The highest BCUT2D eigenvalue weighted by atomic mass is 16.2. The molecule has 0 spiro atoms. The predicted octanol–water partition coefficient (Wildman–Crippen LogP) is 3.41. The van der Waals surface area contributed by atoms with Crippen LogP contribution in [0.15, 0.2) is 85.1 Å². The Labute approximate surface area is 230 Å². The summed E-state index contributed by atoms with van der Waals surface area (Å²) in [4.78, 5) is 29.6. The van der Waals surface area contributed by atoms with Gasteiger partial charge in [0.1, 0.15) is 6.04 Å². The molecule has 0 unspecified atom stereocenters. The van der Waals surface area contributed by atoms with Crippen LogP contribution in [0, 0.1) is 0 Å². The van der Waals surface area contributed by atoms with Crippen LogP contribution < -0.4 is 22.1 Å². The molecule has 7 nitrogen and oxygen atoms in total. The number of carbonyl (C=O) groups is 2. The van der Waals surface area contributed by atoms with Crippen LogP contribution >= 0.6 is 0 Å². The molecule has 7 N–H and O–H groups in total. The molecule has 0 radical (unpaired) electrons. The maximum absolute atomic E-state index is 13.3. The fourth-order valence-electron chi connectivity index (χ4n) is 4.77. The summed E-state index contributed by atoms with van der Waals surface area (Å²) in [5, 5.41) is 6.98. The second kappa shape index (κ2) is 14.3. The molecular formula is C32H39N5O2. The average Bonchev–Trinajstić information content (AvgIpc) is 3.37. The Bertz CT molecular complexity index is 1330. The number of nitrogens with two attached hydrogens (primary N) is 2. The number of unbranched alkanes of at least 4 members (excludes halogenated alkanes) is 1. The quantitative estimate of drug-likeness (QED) is 0.162. The third-order valence-corrected chi connectivity index (χ3v) is 7.02. The van der Waals surface area contributed by atoms with E-state index in [-0.39, 0.29) is 11.8 Å². The molecule has 3 aromatic carbocycles. The summed E-state index contributed by atoms with van der Waals surface area (Å²) < 4.78 is 0. The monoisotopic (exact) mass is 525 g/mol. The molecule has 0 saturated heterocycles. The molecule has 0 bridgehead atoms. The van der Waals surface area contributed by atoms with Crippen LogP contribution in [0.4, 0.5) is 0 Å². The van der Waals surface area contributed by atoms with Gasteiger partial charge in [0, 0.05) is 30.1 Å². The van der Waals surface area contributed by atoms with Gasteiger partial charge in [0.25, 0.3) is 0 Å². The molecule has 4 rings (SSSR count). The molecule has 4 aromatic rings. The number of rotatable bonds is 14. The summed E-state index contributed by atoms with van der Waals surface area (Å²) in [6, 6.07) is 24.6. The first-order chi connectivity index (χ1) is 19.0. The Morgan fingerprint density at radius 3 is 2.21 bits per heavy atom. The van der Waals surface area contributed by atoms with E-state index in [1.54, 1.807) is 0 Å². The zero-order valence-electron chi connectivity index (χ0n) is 22.4. The molecule has 1 aromatic heterocycles. The number of carbonyl (C=O) groups excluding carboxylic acids is 2. The van der Waals surface area contributed by atoms with Crippen molar-refractivity contribution >= 4 is 22.7 Å². The Morgan fingerprint density at radius 1 is 0.769 bits per heavy atom. The number of benzene rings is 3. The van der Waals surface area contributed by atoms with Gasteiger partial charge in [0.05, 0.1) is 6.04 Å². The molecule has 0 aliphatic heterocycles. The summed E-state index contributed by atoms with van der Waals surface area (Å²) >= 11 is 0. The number of hydrogen-bond donors (Lipinski definition) is 5. The smallest absolute Gasteiger partial charge is 0.242 e. The molecule has 1 heterocycles. The standard InChI is InChI=1S/C32H39N5O2/c33-18-7-6-8-23-13-15-24(16-14-23)17-19-35-32(39)30(21-26-22-36-29-12-5-4-11-27(26)29)37-31(38)28(34)20-25-9-2-1-3-10-25/h1-5,9-16,22,28,30,36H,6-8,17-21,33-34H2,(H,35,39)(H,37,38)/t28-,30-/m0/s1. The van der Waals surface area contributed by atoms with Crippen molar-refractivity contribution in [2.24, 2.45) is 11.5 Å². The van der Waals surface area contributed by atoms with Gasteiger partial charge in [-0.2, -0.15) is 0 Å². The second-order valence-corrected chi connectivity index (χ2v) is 10.0. The van der Waals surface area contributed by atoms with E-state index in [9.17, 15) is 9.59 Å². The molecular weight excluding hydrogens is 486 g/mol. The molecule has 7 heteroatoms. The lowest BCUT2D eigenvalue weighted by atomic mass is 10.0. The van der Waals surface area contributed by atoms with Crippen molar-refractivity contribution in [3.05, 3.63) is 107 Å². The van der Waals surface area contributed by atoms with E-state index in [1.807, 2.05) is 60.8 Å². The van der Waals surface area contributed by atoms with Crippen molar-refractivity contribution in [2.75, 3.05) is 13.1 Å². The van der Waals surface area contributed by atoms with Gasteiger partial charge in [-0.25, -0.2) is 0 Å². The lowest BCUT2D eigenvalue weighted by Crippen LogP contribution is -2.53. The van der Waals surface area contributed by atoms with Gasteiger partial charge in [0.2, 0.25) is 11.8 Å². The predicted molar refractivity (Wildman–Crippen MR) is 157 cm³/mol. The Balaban J connectivity index is 1.38. The lowest BCUT2D eigenvalue weighted by molar-refractivity contribution is -0.129. The van der Waals surface area contributed by atoms with Crippen molar-refractivity contribution < 1.29 is 9.59 Å².